The van der Waals surface area contributed by atoms with Crippen molar-refractivity contribution in [3.05, 3.63) is 98.2 Å². The molecule has 5 aromatic rings. The minimum atomic E-state index is -0.242. The lowest BCUT2D eigenvalue weighted by molar-refractivity contribution is -0.119. The highest BCUT2D eigenvalue weighted by Gasteiger charge is 2.22. The van der Waals surface area contributed by atoms with Crippen LogP contribution >= 0.6 is 35.2 Å². The Bertz CT molecular complexity index is 1650. The minimum absolute atomic E-state index is 0.126. The third-order valence-electron chi connectivity index (χ3n) is 5.76. The number of para-hydroxylation sites is 2. The number of anilines is 1. The number of likely N-dealkylation sites (N-methyl/N-ethyl adjacent to an activating group) is 1. The molecule has 0 bridgehead atoms. The SMILES string of the molecule is CCN(C(=O)Cn1c(=O)c2ccccc2n2c(=S)sc(-c3ccccc3Cl)c12)c1ccccc1. The number of carbonyl (C=O) groups excluding carboxylic acids is 1. The first-order valence-electron chi connectivity index (χ1n) is 10.8. The van der Waals surface area contributed by atoms with Gasteiger partial charge in [-0.3, -0.25) is 18.6 Å². The van der Waals surface area contributed by atoms with Gasteiger partial charge in [-0.2, -0.15) is 0 Å². The maximum atomic E-state index is 13.7. The van der Waals surface area contributed by atoms with E-state index in [4.69, 9.17) is 23.8 Å². The fourth-order valence-electron chi connectivity index (χ4n) is 4.21. The molecular weight excluding hydrogens is 486 g/mol. The summed E-state index contributed by atoms with van der Waals surface area (Å²) in [7, 11) is 0. The average molecular weight is 506 g/mol. The van der Waals surface area contributed by atoms with Gasteiger partial charge in [-0.15, -0.1) is 11.3 Å². The van der Waals surface area contributed by atoms with E-state index >= 15 is 0 Å². The molecule has 1 amide bonds. The summed E-state index contributed by atoms with van der Waals surface area (Å²) in [6.45, 7) is 2.27. The Kier molecular flexibility index (Phi) is 6.08. The van der Waals surface area contributed by atoms with Crippen LogP contribution < -0.4 is 10.5 Å². The molecule has 2 heterocycles. The maximum Gasteiger partial charge on any atom is 0.262 e. The summed E-state index contributed by atoms with van der Waals surface area (Å²) in [6, 6.07) is 24.2. The van der Waals surface area contributed by atoms with E-state index in [0.717, 1.165) is 16.1 Å². The van der Waals surface area contributed by atoms with Gasteiger partial charge in [0.1, 0.15) is 12.2 Å². The summed E-state index contributed by atoms with van der Waals surface area (Å²) in [5.74, 6) is -0.185. The van der Waals surface area contributed by atoms with Crippen molar-refractivity contribution in [1.29, 1.82) is 0 Å². The Morgan fingerprint density at radius 1 is 1.00 bits per heavy atom. The lowest BCUT2D eigenvalue weighted by Crippen LogP contribution is -2.37. The molecule has 0 aliphatic heterocycles. The van der Waals surface area contributed by atoms with Crippen LogP contribution in [0.2, 0.25) is 5.02 Å². The van der Waals surface area contributed by atoms with Gasteiger partial charge >= 0.3 is 0 Å². The number of carbonyl (C=O) groups is 1. The molecule has 0 unspecified atom stereocenters. The van der Waals surface area contributed by atoms with Crippen molar-refractivity contribution >= 4 is 63.3 Å². The molecule has 170 valence electrons. The quantitative estimate of drug-likeness (QED) is 0.259. The van der Waals surface area contributed by atoms with E-state index in [1.165, 1.54) is 15.9 Å². The number of halogens is 1. The second kappa shape index (κ2) is 9.18. The zero-order valence-electron chi connectivity index (χ0n) is 18.3. The molecule has 0 fully saturated rings. The highest BCUT2D eigenvalue weighted by atomic mass is 35.5. The third kappa shape index (κ3) is 3.76. The molecule has 3 aromatic carbocycles. The number of aromatic nitrogens is 2. The molecule has 0 aliphatic carbocycles. The van der Waals surface area contributed by atoms with Gasteiger partial charge in [0.2, 0.25) is 5.91 Å². The highest BCUT2D eigenvalue weighted by Crippen LogP contribution is 2.37. The number of fused-ring (bicyclic) bond motifs is 3. The molecule has 5 rings (SSSR count). The zero-order chi connectivity index (χ0) is 23.8. The van der Waals surface area contributed by atoms with Gasteiger partial charge in [-0.05, 0) is 49.5 Å². The zero-order valence-corrected chi connectivity index (χ0v) is 20.7. The topological polar surface area (TPSA) is 46.7 Å². The summed E-state index contributed by atoms with van der Waals surface area (Å²) in [6.07, 6.45) is 0. The molecule has 5 nitrogen and oxygen atoms in total. The number of hydrogen-bond acceptors (Lipinski definition) is 4. The van der Waals surface area contributed by atoms with Crippen molar-refractivity contribution < 1.29 is 4.79 Å². The first-order chi connectivity index (χ1) is 16.5. The van der Waals surface area contributed by atoms with E-state index in [9.17, 15) is 9.59 Å². The van der Waals surface area contributed by atoms with E-state index in [0.29, 0.717) is 32.1 Å². The van der Waals surface area contributed by atoms with Gasteiger partial charge in [-0.25, -0.2) is 0 Å². The van der Waals surface area contributed by atoms with E-state index in [1.807, 2.05) is 78.1 Å². The van der Waals surface area contributed by atoms with Gasteiger partial charge in [0.25, 0.3) is 5.56 Å². The first kappa shape index (κ1) is 22.5. The summed E-state index contributed by atoms with van der Waals surface area (Å²) in [5.41, 5.74) is 2.60. The lowest BCUT2D eigenvalue weighted by Gasteiger charge is -2.22. The van der Waals surface area contributed by atoms with E-state index in [1.54, 1.807) is 17.0 Å². The number of amides is 1. The largest absolute Gasteiger partial charge is 0.311 e. The average Bonchev–Trinajstić information content (AvgIpc) is 3.20. The third-order valence-corrected chi connectivity index (χ3v) is 7.49. The van der Waals surface area contributed by atoms with Gasteiger partial charge in [0.05, 0.1) is 15.8 Å². The molecule has 0 N–H and O–H groups in total. The molecule has 0 atom stereocenters. The van der Waals surface area contributed by atoms with Crippen molar-refractivity contribution in [2.45, 2.75) is 13.5 Å². The molecule has 0 spiro atoms. The van der Waals surface area contributed by atoms with Crippen LogP contribution in [0.15, 0.2) is 83.7 Å². The van der Waals surface area contributed by atoms with Crippen molar-refractivity contribution in [2.24, 2.45) is 0 Å². The van der Waals surface area contributed by atoms with E-state index < -0.39 is 0 Å². The van der Waals surface area contributed by atoms with E-state index in [-0.39, 0.29) is 18.0 Å². The number of hydrogen-bond donors (Lipinski definition) is 0. The lowest BCUT2D eigenvalue weighted by atomic mass is 10.2. The van der Waals surface area contributed by atoms with Gasteiger partial charge < -0.3 is 4.90 Å². The Hall–Kier alpha value is -3.26. The summed E-state index contributed by atoms with van der Waals surface area (Å²) in [4.78, 5) is 29.7. The van der Waals surface area contributed by atoms with Crippen LogP contribution in [0.1, 0.15) is 6.92 Å². The Labute approximate surface area is 210 Å². The summed E-state index contributed by atoms with van der Waals surface area (Å²) < 4.78 is 3.99. The van der Waals surface area contributed by atoms with Gasteiger partial charge in [-0.1, -0.05) is 60.1 Å². The molecule has 0 saturated heterocycles. The number of nitrogens with zero attached hydrogens (tertiary/aromatic N) is 3. The normalized spacial score (nSPS) is 11.2. The molecule has 0 saturated carbocycles. The van der Waals surface area contributed by atoms with Crippen molar-refractivity contribution in [2.75, 3.05) is 11.4 Å². The standard InChI is InChI=1S/C26H20ClN3O2S2/c1-2-28(17-10-4-3-5-11-17)22(31)16-29-24-23(18-12-6-8-14-20(18)27)34-26(33)30(24)21-15-9-7-13-19(21)25(29)32/h3-15H,2,16H2,1H3. The molecule has 34 heavy (non-hydrogen) atoms. The van der Waals surface area contributed by atoms with Crippen LogP contribution in [-0.4, -0.2) is 21.4 Å². The maximum absolute atomic E-state index is 13.7. The predicted octanol–water partition coefficient (Wildman–Crippen LogP) is 6.42. The van der Waals surface area contributed by atoms with Crippen LogP contribution in [0.25, 0.3) is 27.0 Å². The number of rotatable bonds is 5. The first-order valence-corrected chi connectivity index (χ1v) is 12.4. The Morgan fingerprint density at radius 2 is 1.68 bits per heavy atom. The summed E-state index contributed by atoms with van der Waals surface area (Å²) >= 11 is 13.7. The van der Waals surface area contributed by atoms with Crippen LogP contribution in [0.5, 0.6) is 0 Å². The predicted molar refractivity (Wildman–Crippen MR) is 143 cm³/mol. The second-order valence-electron chi connectivity index (χ2n) is 7.72. The molecule has 0 radical (unpaired) electrons. The van der Waals surface area contributed by atoms with Crippen LogP contribution in [-0.2, 0) is 11.3 Å². The smallest absolute Gasteiger partial charge is 0.262 e. The fraction of sp³-hybridized carbons (Fsp3) is 0.115. The highest BCUT2D eigenvalue weighted by molar-refractivity contribution is 7.73. The van der Waals surface area contributed by atoms with Crippen LogP contribution in [0.4, 0.5) is 5.69 Å². The minimum Gasteiger partial charge on any atom is -0.311 e. The summed E-state index contributed by atoms with van der Waals surface area (Å²) in [5, 5.41) is 1.06. The van der Waals surface area contributed by atoms with E-state index in [2.05, 4.69) is 0 Å². The Balaban J connectivity index is 1.79. The number of thiazole rings is 1. The molecule has 0 aliphatic rings. The van der Waals surface area contributed by atoms with Crippen molar-refractivity contribution in [3.63, 3.8) is 0 Å². The molecular formula is C26H20ClN3O2S2. The van der Waals surface area contributed by atoms with Crippen LogP contribution in [0.3, 0.4) is 0 Å². The monoisotopic (exact) mass is 505 g/mol. The number of benzene rings is 3. The molecule has 2 aromatic heterocycles. The van der Waals surface area contributed by atoms with Crippen LogP contribution in [0, 0.1) is 3.95 Å². The Morgan fingerprint density at radius 3 is 2.41 bits per heavy atom. The van der Waals surface area contributed by atoms with Crippen molar-refractivity contribution in [1.82, 2.24) is 8.97 Å². The van der Waals surface area contributed by atoms with Crippen molar-refractivity contribution in [3.8, 4) is 10.4 Å². The van der Waals surface area contributed by atoms with Gasteiger partial charge in [0.15, 0.2) is 3.95 Å². The fourth-order valence-corrected chi connectivity index (χ4v) is 5.96. The van der Waals surface area contributed by atoms with Gasteiger partial charge in [0, 0.05) is 22.8 Å². The molecule has 8 heteroatoms. The second-order valence-corrected chi connectivity index (χ2v) is 9.77.